The van der Waals surface area contributed by atoms with Crippen LogP contribution >= 0.6 is 11.8 Å². The molecule has 0 saturated heterocycles. The summed E-state index contributed by atoms with van der Waals surface area (Å²) in [7, 11) is 0. The maximum atomic E-state index is 11.6. The number of rotatable bonds is 8. The molecule has 0 aliphatic rings. The largest absolute Gasteiger partial charge is 0.481 e. The maximum Gasteiger partial charge on any atom is 0.305 e. The maximum absolute atomic E-state index is 11.6. The third kappa shape index (κ3) is 7.25. The molecule has 0 aliphatic heterocycles. The average molecular weight is 233 g/mol. The van der Waals surface area contributed by atoms with Crippen molar-refractivity contribution in [2.75, 3.05) is 24.6 Å². The van der Waals surface area contributed by atoms with Gasteiger partial charge in [0.2, 0.25) is 5.91 Å². The van der Waals surface area contributed by atoms with Gasteiger partial charge in [-0.2, -0.15) is 11.8 Å². The zero-order chi connectivity index (χ0) is 11.7. The lowest BCUT2D eigenvalue weighted by atomic mass is 10.4. The Balaban J connectivity index is 3.82. The summed E-state index contributed by atoms with van der Waals surface area (Å²) in [5.74, 6) is 0.614. The Labute approximate surface area is 95.0 Å². The van der Waals surface area contributed by atoms with Crippen molar-refractivity contribution in [2.45, 2.75) is 26.7 Å². The van der Waals surface area contributed by atoms with E-state index in [0.29, 0.717) is 18.8 Å². The van der Waals surface area contributed by atoms with E-state index >= 15 is 0 Å². The van der Waals surface area contributed by atoms with Gasteiger partial charge in [0, 0.05) is 13.1 Å². The fourth-order valence-corrected chi connectivity index (χ4v) is 1.88. The van der Waals surface area contributed by atoms with Gasteiger partial charge < -0.3 is 10.0 Å². The van der Waals surface area contributed by atoms with Crippen molar-refractivity contribution in [1.82, 2.24) is 4.90 Å². The van der Waals surface area contributed by atoms with Crippen molar-refractivity contribution in [1.29, 1.82) is 0 Å². The first kappa shape index (κ1) is 14.3. The number of carbonyl (C=O) groups excluding carboxylic acids is 1. The number of nitrogens with zero attached hydrogens (tertiary/aromatic N) is 1. The van der Waals surface area contributed by atoms with Crippen LogP contribution in [0, 0.1) is 0 Å². The Hall–Kier alpha value is -0.710. The molecular formula is C10H19NO3S. The van der Waals surface area contributed by atoms with Gasteiger partial charge >= 0.3 is 5.97 Å². The van der Waals surface area contributed by atoms with Crippen LogP contribution in [0.2, 0.25) is 0 Å². The molecule has 0 saturated carbocycles. The molecule has 88 valence electrons. The minimum Gasteiger partial charge on any atom is -0.481 e. The average Bonchev–Trinajstić information content (AvgIpc) is 2.18. The van der Waals surface area contributed by atoms with Gasteiger partial charge in [-0.05, 0) is 19.1 Å². The van der Waals surface area contributed by atoms with E-state index in [0.717, 1.165) is 12.2 Å². The topological polar surface area (TPSA) is 57.6 Å². The number of carboxylic acids is 1. The van der Waals surface area contributed by atoms with Crippen molar-refractivity contribution in [3.05, 3.63) is 0 Å². The second-order valence-corrected chi connectivity index (χ2v) is 4.27. The van der Waals surface area contributed by atoms with Crippen molar-refractivity contribution >= 4 is 23.6 Å². The molecule has 0 aromatic rings. The first-order valence-corrected chi connectivity index (χ1v) is 6.34. The first-order valence-electron chi connectivity index (χ1n) is 5.19. The highest BCUT2D eigenvalue weighted by atomic mass is 32.2. The van der Waals surface area contributed by atoms with Gasteiger partial charge in [-0.1, -0.05) is 6.92 Å². The van der Waals surface area contributed by atoms with Gasteiger partial charge in [0.25, 0.3) is 0 Å². The van der Waals surface area contributed by atoms with Gasteiger partial charge in [-0.3, -0.25) is 9.59 Å². The lowest BCUT2D eigenvalue weighted by molar-refractivity contribution is -0.138. The molecule has 0 spiro atoms. The molecule has 0 atom stereocenters. The van der Waals surface area contributed by atoms with Crippen LogP contribution in [0.15, 0.2) is 0 Å². The van der Waals surface area contributed by atoms with E-state index in [1.54, 1.807) is 16.7 Å². The summed E-state index contributed by atoms with van der Waals surface area (Å²) in [5, 5.41) is 8.51. The van der Waals surface area contributed by atoms with Gasteiger partial charge in [0.15, 0.2) is 0 Å². The fraction of sp³-hybridized carbons (Fsp3) is 0.800. The van der Waals surface area contributed by atoms with Crippen molar-refractivity contribution in [3.8, 4) is 0 Å². The number of aliphatic carboxylic acids is 1. The van der Waals surface area contributed by atoms with E-state index in [-0.39, 0.29) is 12.3 Å². The number of amides is 1. The summed E-state index contributed by atoms with van der Waals surface area (Å²) in [6.45, 7) is 4.83. The molecule has 0 rings (SSSR count). The standard InChI is InChI=1S/C10H19NO3S/c1-3-7-15-8-9(12)11(4-2)6-5-10(13)14/h3-8H2,1-2H3,(H,13,14). The number of thioether (sulfide) groups is 1. The fourth-order valence-electron chi connectivity index (χ4n) is 1.08. The number of hydrogen-bond donors (Lipinski definition) is 1. The van der Waals surface area contributed by atoms with Crippen molar-refractivity contribution in [2.24, 2.45) is 0 Å². The second kappa shape index (κ2) is 8.59. The zero-order valence-corrected chi connectivity index (χ0v) is 10.2. The lowest BCUT2D eigenvalue weighted by Crippen LogP contribution is -2.34. The Morgan fingerprint density at radius 2 is 2.00 bits per heavy atom. The predicted molar refractivity (Wildman–Crippen MR) is 62.1 cm³/mol. The minimum atomic E-state index is -0.859. The highest BCUT2D eigenvalue weighted by Crippen LogP contribution is 2.04. The van der Waals surface area contributed by atoms with Crippen LogP contribution in [0.3, 0.4) is 0 Å². The van der Waals surface area contributed by atoms with E-state index in [1.165, 1.54) is 0 Å². The van der Waals surface area contributed by atoms with Crippen LogP contribution in [0.4, 0.5) is 0 Å². The highest BCUT2D eigenvalue weighted by molar-refractivity contribution is 7.99. The summed E-state index contributed by atoms with van der Waals surface area (Å²) in [6.07, 6.45) is 1.08. The van der Waals surface area contributed by atoms with Gasteiger partial charge in [0.1, 0.15) is 0 Å². The summed E-state index contributed by atoms with van der Waals surface area (Å²) in [6, 6.07) is 0. The first-order chi connectivity index (χ1) is 7.11. The summed E-state index contributed by atoms with van der Waals surface area (Å²) in [5.41, 5.74) is 0. The third-order valence-electron chi connectivity index (χ3n) is 1.90. The van der Waals surface area contributed by atoms with E-state index in [4.69, 9.17) is 5.11 Å². The van der Waals surface area contributed by atoms with Gasteiger partial charge in [-0.25, -0.2) is 0 Å². The van der Waals surface area contributed by atoms with Crippen LogP contribution < -0.4 is 0 Å². The Morgan fingerprint density at radius 1 is 1.33 bits per heavy atom. The van der Waals surface area contributed by atoms with Crippen LogP contribution in [-0.2, 0) is 9.59 Å². The highest BCUT2D eigenvalue weighted by Gasteiger charge is 2.12. The molecular weight excluding hydrogens is 214 g/mol. The lowest BCUT2D eigenvalue weighted by Gasteiger charge is -2.19. The quantitative estimate of drug-likeness (QED) is 0.645. The van der Waals surface area contributed by atoms with Crippen LogP contribution in [-0.4, -0.2) is 46.5 Å². The molecule has 0 bridgehead atoms. The predicted octanol–water partition coefficient (Wildman–Crippen LogP) is 1.45. The van der Waals surface area contributed by atoms with Gasteiger partial charge in [0.05, 0.1) is 12.2 Å². The minimum absolute atomic E-state index is 0.0258. The van der Waals surface area contributed by atoms with Crippen LogP contribution in [0.1, 0.15) is 26.7 Å². The molecule has 1 amide bonds. The normalized spacial score (nSPS) is 10.0. The Bertz CT molecular complexity index is 209. The van der Waals surface area contributed by atoms with E-state index in [2.05, 4.69) is 6.92 Å². The molecule has 0 radical (unpaired) electrons. The molecule has 0 heterocycles. The van der Waals surface area contributed by atoms with Crippen molar-refractivity contribution in [3.63, 3.8) is 0 Å². The van der Waals surface area contributed by atoms with Crippen LogP contribution in [0.25, 0.3) is 0 Å². The molecule has 0 aromatic carbocycles. The molecule has 1 N–H and O–H groups in total. The number of carboxylic acid groups (broad SMARTS) is 1. The summed E-state index contributed by atoms with van der Waals surface area (Å²) < 4.78 is 0. The molecule has 0 fully saturated rings. The summed E-state index contributed by atoms with van der Waals surface area (Å²) in [4.78, 5) is 23.5. The molecule has 5 heteroatoms. The molecule has 0 unspecified atom stereocenters. The van der Waals surface area contributed by atoms with E-state index in [9.17, 15) is 9.59 Å². The Morgan fingerprint density at radius 3 is 2.47 bits per heavy atom. The monoisotopic (exact) mass is 233 g/mol. The molecule has 0 aromatic heterocycles. The Kier molecular flexibility index (Phi) is 8.18. The number of hydrogen-bond acceptors (Lipinski definition) is 3. The molecule has 4 nitrogen and oxygen atoms in total. The van der Waals surface area contributed by atoms with Crippen LogP contribution in [0.5, 0.6) is 0 Å². The van der Waals surface area contributed by atoms with E-state index in [1.807, 2.05) is 6.92 Å². The third-order valence-corrected chi connectivity index (χ3v) is 3.05. The zero-order valence-electron chi connectivity index (χ0n) is 9.36. The SMILES string of the molecule is CCCSCC(=O)N(CC)CCC(=O)O. The van der Waals surface area contributed by atoms with Gasteiger partial charge in [-0.15, -0.1) is 0 Å². The van der Waals surface area contributed by atoms with E-state index < -0.39 is 5.97 Å². The van der Waals surface area contributed by atoms with Crippen molar-refractivity contribution < 1.29 is 14.7 Å². The second-order valence-electron chi connectivity index (χ2n) is 3.17. The molecule has 15 heavy (non-hydrogen) atoms. The number of carbonyl (C=O) groups is 2. The smallest absolute Gasteiger partial charge is 0.305 e. The molecule has 0 aliphatic carbocycles. The summed E-state index contributed by atoms with van der Waals surface area (Å²) >= 11 is 1.60.